The van der Waals surface area contributed by atoms with Crippen molar-refractivity contribution in [3.8, 4) is 0 Å². The number of hydrogen-bond donors (Lipinski definition) is 0. The zero-order valence-corrected chi connectivity index (χ0v) is 21.4. The van der Waals surface area contributed by atoms with Crippen LogP contribution in [-0.2, 0) is 30.3 Å². The second-order valence-corrected chi connectivity index (χ2v) is 10.2. The maximum Gasteiger partial charge on any atom is 0.330 e. The maximum atomic E-state index is 11.5. The van der Waals surface area contributed by atoms with Crippen molar-refractivity contribution in [2.75, 3.05) is 13.7 Å². The van der Waals surface area contributed by atoms with Crippen LogP contribution in [0.15, 0.2) is 54.6 Å². The molecule has 5 nitrogen and oxygen atoms in total. The summed E-state index contributed by atoms with van der Waals surface area (Å²) in [6.07, 6.45) is 11.8. The quantitative estimate of drug-likeness (QED) is 0.248. The monoisotopic (exact) mass is 470 g/mol. The van der Waals surface area contributed by atoms with Crippen molar-refractivity contribution in [1.29, 1.82) is 0 Å². The van der Waals surface area contributed by atoms with Crippen molar-refractivity contribution in [3.05, 3.63) is 60.2 Å². The highest BCUT2D eigenvalue weighted by molar-refractivity contribution is 5.81. The summed E-state index contributed by atoms with van der Waals surface area (Å²) in [5.41, 5.74) is 1.19. The predicted octanol–water partition coefficient (Wildman–Crippen LogP) is 6.09. The van der Waals surface area contributed by atoms with Gasteiger partial charge in [0.25, 0.3) is 0 Å². The summed E-state index contributed by atoms with van der Waals surface area (Å²) < 4.78 is 24.0. The van der Waals surface area contributed by atoms with Crippen molar-refractivity contribution in [1.82, 2.24) is 0 Å². The Morgan fingerprint density at radius 2 is 1.79 bits per heavy atom. The Morgan fingerprint density at radius 1 is 1.09 bits per heavy atom. The van der Waals surface area contributed by atoms with Gasteiger partial charge in [-0.25, -0.2) is 4.79 Å². The first-order valence-electron chi connectivity index (χ1n) is 12.7. The Morgan fingerprint density at radius 3 is 2.50 bits per heavy atom. The van der Waals surface area contributed by atoms with Crippen molar-refractivity contribution in [2.45, 2.75) is 78.0 Å². The molecule has 2 aliphatic rings. The zero-order chi connectivity index (χ0) is 24.6. The number of esters is 1. The van der Waals surface area contributed by atoms with E-state index >= 15 is 0 Å². The average molecular weight is 471 g/mol. The van der Waals surface area contributed by atoms with Crippen molar-refractivity contribution in [2.24, 2.45) is 23.7 Å². The molecule has 1 aromatic rings. The summed E-state index contributed by atoms with van der Waals surface area (Å²) in [7, 11) is 1.40. The third-order valence-corrected chi connectivity index (χ3v) is 7.16. The Hall–Kier alpha value is -1.95. The van der Waals surface area contributed by atoms with E-state index < -0.39 is 5.79 Å². The van der Waals surface area contributed by atoms with Gasteiger partial charge in [-0.3, -0.25) is 0 Å². The van der Waals surface area contributed by atoms with E-state index in [1.807, 2.05) is 24.3 Å². The minimum atomic E-state index is -0.543. The highest BCUT2D eigenvalue weighted by Gasteiger charge is 2.46. The van der Waals surface area contributed by atoms with Crippen molar-refractivity contribution >= 4 is 5.97 Å². The lowest BCUT2D eigenvalue weighted by Gasteiger charge is -2.50. The summed E-state index contributed by atoms with van der Waals surface area (Å²) >= 11 is 0. The van der Waals surface area contributed by atoms with Gasteiger partial charge in [-0.15, -0.1) is 0 Å². The lowest BCUT2D eigenvalue weighted by atomic mass is 9.81. The fourth-order valence-corrected chi connectivity index (χ4v) is 4.89. The minimum Gasteiger partial charge on any atom is -0.466 e. The molecule has 0 N–H and O–H groups in total. The number of methoxy groups -OCH3 is 1. The average Bonchev–Trinajstić information content (AvgIpc) is 2.85. The van der Waals surface area contributed by atoms with Crippen LogP contribution in [0.4, 0.5) is 0 Å². The zero-order valence-electron chi connectivity index (χ0n) is 21.4. The molecule has 5 heteroatoms. The Labute approximate surface area is 205 Å². The number of carbonyl (C=O) groups is 1. The van der Waals surface area contributed by atoms with Gasteiger partial charge in [-0.1, -0.05) is 76.3 Å². The molecule has 0 amide bonds. The van der Waals surface area contributed by atoms with Crippen LogP contribution in [-0.4, -0.2) is 37.7 Å². The lowest BCUT2D eigenvalue weighted by Crippen LogP contribution is -2.52. The van der Waals surface area contributed by atoms with Gasteiger partial charge in [0, 0.05) is 24.8 Å². The van der Waals surface area contributed by atoms with Gasteiger partial charge < -0.3 is 18.9 Å². The number of rotatable bonds is 9. The molecule has 0 saturated carbocycles. The van der Waals surface area contributed by atoms with Crippen LogP contribution in [0.1, 0.15) is 58.9 Å². The highest BCUT2D eigenvalue weighted by Crippen LogP contribution is 2.44. The molecule has 2 saturated heterocycles. The molecule has 2 aliphatic heterocycles. The summed E-state index contributed by atoms with van der Waals surface area (Å²) in [6.45, 7) is 10.1. The van der Waals surface area contributed by atoms with E-state index in [-0.39, 0.29) is 24.1 Å². The van der Waals surface area contributed by atoms with Crippen molar-refractivity contribution < 1.29 is 23.7 Å². The third-order valence-electron chi connectivity index (χ3n) is 7.16. The summed E-state index contributed by atoms with van der Waals surface area (Å²) in [5, 5.41) is 0. The largest absolute Gasteiger partial charge is 0.466 e. The molecular formula is C29H42O5. The van der Waals surface area contributed by atoms with Crippen molar-refractivity contribution in [3.63, 3.8) is 0 Å². The SMILES string of the molecule is COC(=O)/C=C/[C@@H](C)[C@@H]1O[C@]2(CC[C@@H](C)[C@H](/C=C/[C@H](C)COCc3ccccc3)O2)CC[C@@H]1C. The van der Waals surface area contributed by atoms with E-state index in [0.717, 1.165) is 25.7 Å². The topological polar surface area (TPSA) is 54.0 Å². The van der Waals surface area contributed by atoms with Crippen LogP contribution in [0.25, 0.3) is 0 Å². The van der Waals surface area contributed by atoms with Gasteiger partial charge in [0.1, 0.15) is 0 Å². The fourth-order valence-electron chi connectivity index (χ4n) is 4.89. The second-order valence-electron chi connectivity index (χ2n) is 10.2. The van der Waals surface area contributed by atoms with Gasteiger partial charge in [0.15, 0.2) is 5.79 Å². The fraction of sp³-hybridized carbons (Fsp3) is 0.621. The van der Waals surface area contributed by atoms with E-state index in [1.54, 1.807) is 0 Å². The normalized spacial score (nSPS) is 31.7. The molecule has 0 bridgehead atoms. The van der Waals surface area contributed by atoms with Gasteiger partial charge in [0.2, 0.25) is 0 Å². The summed E-state index contributed by atoms with van der Waals surface area (Å²) in [4.78, 5) is 11.5. The van der Waals surface area contributed by atoms with Crippen LogP contribution >= 0.6 is 0 Å². The van der Waals surface area contributed by atoms with Gasteiger partial charge in [0.05, 0.1) is 32.5 Å². The molecule has 0 unspecified atom stereocenters. The molecule has 1 aromatic carbocycles. The molecule has 2 fully saturated rings. The van der Waals surface area contributed by atoms with E-state index in [2.05, 4.69) is 52.0 Å². The Bertz CT molecular complexity index is 815. The van der Waals surface area contributed by atoms with Crippen LogP contribution in [0, 0.1) is 23.7 Å². The first-order valence-corrected chi connectivity index (χ1v) is 12.7. The lowest BCUT2D eigenvalue weighted by molar-refractivity contribution is -0.328. The molecular weight excluding hydrogens is 428 g/mol. The first-order chi connectivity index (χ1) is 16.3. The van der Waals surface area contributed by atoms with Gasteiger partial charge >= 0.3 is 5.97 Å². The Kier molecular flexibility index (Phi) is 9.93. The standard InChI is InChI=1S/C29H42O5/c1-21(19-32-20-25-9-7-6-8-10-25)11-13-26-22(2)15-17-29(33-26)18-16-24(4)28(34-29)23(3)12-14-27(30)31-5/h6-14,21-24,26,28H,15-20H2,1-5H3/b13-11+,14-12+/t21-,22+,23+,24-,26-,28-,29+/m0/s1. The van der Waals surface area contributed by atoms with Crippen LogP contribution in [0.3, 0.4) is 0 Å². The molecule has 0 aromatic heterocycles. The minimum absolute atomic E-state index is 0.0120. The maximum absolute atomic E-state index is 11.5. The van der Waals surface area contributed by atoms with E-state index in [0.29, 0.717) is 31.0 Å². The molecule has 188 valence electrons. The molecule has 7 atom stereocenters. The van der Waals surface area contributed by atoms with Crippen LogP contribution < -0.4 is 0 Å². The highest BCUT2D eigenvalue weighted by atomic mass is 16.7. The molecule has 3 rings (SSSR count). The summed E-state index contributed by atoms with van der Waals surface area (Å²) in [6, 6.07) is 10.3. The summed E-state index contributed by atoms with van der Waals surface area (Å²) in [5.74, 6) is 0.379. The molecule has 34 heavy (non-hydrogen) atoms. The smallest absolute Gasteiger partial charge is 0.330 e. The first kappa shape index (κ1) is 26.7. The van der Waals surface area contributed by atoms with Gasteiger partial charge in [-0.05, 0) is 36.2 Å². The van der Waals surface area contributed by atoms with Crippen LogP contribution in [0.5, 0.6) is 0 Å². The number of ether oxygens (including phenoxy) is 4. The number of carbonyl (C=O) groups excluding carboxylic acids is 1. The van der Waals surface area contributed by atoms with Gasteiger partial charge in [-0.2, -0.15) is 0 Å². The molecule has 0 radical (unpaired) electrons. The Balaban J connectivity index is 1.56. The number of hydrogen-bond acceptors (Lipinski definition) is 5. The number of benzene rings is 1. The second kappa shape index (κ2) is 12.7. The molecule has 1 spiro atoms. The molecule has 0 aliphatic carbocycles. The third kappa shape index (κ3) is 7.53. The van der Waals surface area contributed by atoms with E-state index in [1.165, 1.54) is 18.7 Å². The van der Waals surface area contributed by atoms with E-state index in [4.69, 9.17) is 18.9 Å². The van der Waals surface area contributed by atoms with Crippen LogP contribution in [0.2, 0.25) is 0 Å². The predicted molar refractivity (Wildman–Crippen MR) is 134 cm³/mol. The molecule has 2 heterocycles. The van der Waals surface area contributed by atoms with E-state index in [9.17, 15) is 4.79 Å².